The van der Waals surface area contributed by atoms with Crippen LogP contribution in [0.25, 0.3) is 10.9 Å². The van der Waals surface area contributed by atoms with Crippen molar-refractivity contribution in [1.29, 1.82) is 0 Å². The molecule has 186 valence electrons. The highest BCUT2D eigenvalue weighted by Crippen LogP contribution is 2.16. The van der Waals surface area contributed by atoms with Crippen molar-refractivity contribution in [3.05, 3.63) is 74.7 Å². The Bertz CT molecular complexity index is 1260. The SMILES string of the molecule is CCOC(=O)C=CCOc1cc2c(=O)cc(C(=O)OCC)n(CC=CC(=O)OCC)c2ccc1=O. The molecule has 10 heteroatoms. The molecule has 0 atom stereocenters. The molecule has 0 amide bonds. The van der Waals surface area contributed by atoms with Gasteiger partial charge in [0.05, 0.1) is 25.3 Å². The number of rotatable bonds is 11. The molecule has 0 unspecified atom stereocenters. The molecule has 35 heavy (non-hydrogen) atoms. The molecule has 1 aromatic heterocycles. The highest BCUT2D eigenvalue weighted by molar-refractivity contribution is 5.92. The summed E-state index contributed by atoms with van der Waals surface area (Å²) in [4.78, 5) is 61.0. The minimum Gasteiger partial charge on any atom is -0.485 e. The first kappa shape index (κ1) is 27.0. The Morgan fingerprint density at radius 1 is 0.829 bits per heavy atom. The van der Waals surface area contributed by atoms with Gasteiger partial charge < -0.3 is 23.5 Å². The molecule has 0 saturated carbocycles. The van der Waals surface area contributed by atoms with E-state index in [9.17, 15) is 24.0 Å². The Morgan fingerprint density at radius 3 is 2.09 bits per heavy atom. The molecule has 2 rings (SSSR count). The number of nitrogens with zero attached hydrogens (tertiary/aromatic N) is 1. The van der Waals surface area contributed by atoms with Gasteiger partial charge in [-0.1, -0.05) is 6.08 Å². The third-order valence-electron chi connectivity index (χ3n) is 4.49. The number of pyridine rings is 1. The summed E-state index contributed by atoms with van der Waals surface area (Å²) in [5.74, 6) is -1.96. The van der Waals surface area contributed by atoms with Crippen LogP contribution in [-0.2, 0) is 30.3 Å². The van der Waals surface area contributed by atoms with E-state index in [2.05, 4.69) is 0 Å². The molecule has 0 N–H and O–H groups in total. The zero-order valence-electron chi connectivity index (χ0n) is 19.8. The van der Waals surface area contributed by atoms with Gasteiger partial charge in [-0.25, -0.2) is 14.4 Å². The van der Waals surface area contributed by atoms with Gasteiger partial charge in [-0.2, -0.15) is 0 Å². The summed E-state index contributed by atoms with van der Waals surface area (Å²) in [7, 11) is 0. The Kier molecular flexibility index (Phi) is 10.4. The van der Waals surface area contributed by atoms with Crippen LogP contribution in [0.5, 0.6) is 5.75 Å². The van der Waals surface area contributed by atoms with Crippen LogP contribution in [0, 0.1) is 0 Å². The second kappa shape index (κ2) is 13.5. The lowest BCUT2D eigenvalue weighted by atomic mass is 10.2. The Morgan fingerprint density at radius 2 is 1.46 bits per heavy atom. The van der Waals surface area contributed by atoms with Gasteiger partial charge in [-0.15, -0.1) is 0 Å². The van der Waals surface area contributed by atoms with E-state index >= 15 is 0 Å². The van der Waals surface area contributed by atoms with E-state index in [0.29, 0.717) is 0 Å². The van der Waals surface area contributed by atoms with Crippen molar-refractivity contribution in [2.24, 2.45) is 0 Å². The van der Waals surface area contributed by atoms with E-state index in [1.165, 1.54) is 47.1 Å². The van der Waals surface area contributed by atoms with Gasteiger partial charge in [-0.05, 0) is 45.0 Å². The fourth-order valence-corrected chi connectivity index (χ4v) is 3.05. The Balaban J connectivity index is 2.54. The van der Waals surface area contributed by atoms with Crippen LogP contribution in [0.2, 0.25) is 0 Å². The van der Waals surface area contributed by atoms with E-state index in [1.54, 1.807) is 20.8 Å². The molecule has 0 saturated heterocycles. The number of carbonyl (C=O) groups is 3. The zero-order chi connectivity index (χ0) is 25.8. The number of allylic oxidation sites excluding steroid dienone is 1. The molecular formula is C25H27NO9. The average Bonchev–Trinajstić information content (AvgIpc) is 2.98. The molecule has 10 nitrogen and oxygen atoms in total. The smallest absolute Gasteiger partial charge is 0.355 e. The largest absolute Gasteiger partial charge is 0.485 e. The molecule has 1 heterocycles. The number of hydrogen-bond acceptors (Lipinski definition) is 9. The molecule has 0 aliphatic rings. The van der Waals surface area contributed by atoms with E-state index in [1.807, 2.05) is 0 Å². The zero-order valence-corrected chi connectivity index (χ0v) is 19.8. The fraction of sp³-hybridized carbons (Fsp3) is 0.320. The number of hydrogen-bond donors (Lipinski definition) is 0. The van der Waals surface area contributed by atoms with E-state index < -0.39 is 28.8 Å². The van der Waals surface area contributed by atoms with Crippen molar-refractivity contribution in [3.63, 3.8) is 0 Å². The summed E-state index contributed by atoms with van der Waals surface area (Å²) < 4.78 is 21.6. The molecule has 2 aromatic rings. The van der Waals surface area contributed by atoms with Crippen LogP contribution in [0.4, 0.5) is 0 Å². The topological polar surface area (TPSA) is 127 Å². The first-order valence-corrected chi connectivity index (χ1v) is 11.0. The number of ether oxygens (including phenoxy) is 4. The third-order valence-corrected chi connectivity index (χ3v) is 4.49. The van der Waals surface area contributed by atoms with Gasteiger partial charge in [-0.3, -0.25) is 9.59 Å². The monoisotopic (exact) mass is 485 g/mol. The summed E-state index contributed by atoms with van der Waals surface area (Å²) >= 11 is 0. The van der Waals surface area contributed by atoms with Gasteiger partial charge in [0.2, 0.25) is 5.43 Å². The number of fused-ring (bicyclic) bond motifs is 1. The molecule has 0 spiro atoms. The summed E-state index contributed by atoms with van der Waals surface area (Å²) in [5, 5.41) is 0.106. The second-order valence-electron chi connectivity index (χ2n) is 6.85. The maximum atomic E-state index is 12.9. The van der Waals surface area contributed by atoms with Gasteiger partial charge in [0.15, 0.2) is 11.2 Å². The number of carbonyl (C=O) groups excluding carboxylic acids is 3. The van der Waals surface area contributed by atoms with E-state index in [-0.39, 0.29) is 55.3 Å². The molecule has 0 fully saturated rings. The fourth-order valence-electron chi connectivity index (χ4n) is 3.05. The Hall–Kier alpha value is -4.21. The van der Waals surface area contributed by atoms with Gasteiger partial charge >= 0.3 is 17.9 Å². The predicted molar refractivity (Wildman–Crippen MR) is 127 cm³/mol. The highest BCUT2D eigenvalue weighted by Gasteiger charge is 2.17. The number of esters is 3. The molecular weight excluding hydrogens is 458 g/mol. The standard InChI is InChI=1S/C25H27NO9/c1-4-32-23(29)9-7-13-26-18-11-12-20(27)22(35-14-8-10-24(30)33-5-2)15-17(18)21(28)16-19(26)25(31)34-6-3/h7-12,15-16H,4-6,13-14H2,1-3H3. The van der Waals surface area contributed by atoms with Crippen LogP contribution < -0.4 is 15.6 Å². The first-order chi connectivity index (χ1) is 16.8. The van der Waals surface area contributed by atoms with Gasteiger partial charge in [0, 0.05) is 30.1 Å². The van der Waals surface area contributed by atoms with Crippen molar-refractivity contribution in [1.82, 2.24) is 4.57 Å². The van der Waals surface area contributed by atoms with E-state index in [0.717, 1.165) is 6.07 Å². The van der Waals surface area contributed by atoms with Crippen LogP contribution in [0.15, 0.2) is 58.2 Å². The minimum atomic E-state index is -0.731. The summed E-state index contributed by atoms with van der Waals surface area (Å²) in [6.45, 7) is 5.40. The number of aromatic nitrogens is 1. The van der Waals surface area contributed by atoms with Crippen LogP contribution in [-0.4, -0.2) is 48.9 Å². The second-order valence-corrected chi connectivity index (χ2v) is 6.85. The van der Waals surface area contributed by atoms with Crippen molar-refractivity contribution in [3.8, 4) is 5.75 Å². The lowest BCUT2D eigenvalue weighted by Crippen LogP contribution is -2.19. The van der Waals surface area contributed by atoms with E-state index in [4.69, 9.17) is 18.9 Å². The average molecular weight is 485 g/mol. The summed E-state index contributed by atoms with van der Waals surface area (Å²) in [6, 6.07) is 4.97. The van der Waals surface area contributed by atoms with Crippen LogP contribution in [0.1, 0.15) is 31.3 Å². The van der Waals surface area contributed by atoms with Crippen molar-refractivity contribution in [2.45, 2.75) is 27.3 Å². The maximum Gasteiger partial charge on any atom is 0.355 e. The molecule has 0 bridgehead atoms. The first-order valence-electron chi connectivity index (χ1n) is 11.0. The van der Waals surface area contributed by atoms with Crippen molar-refractivity contribution < 1.29 is 33.3 Å². The lowest BCUT2D eigenvalue weighted by molar-refractivity contribution is -0.138. The molecule has 0 radical (unpaired) electrons. The molecule has 1 aromatic carbocycles. The quantitative estimate of drug-likeness (QED) is 0.267. The predicted octanol–water partition coefficient (Wildman–Crippen LogP) is 2.16. The van der Waals surface area contributed by atoms with Crippen LogP contribution in [0.3, 0.4) is 0 Å². The normalized spacial score (nSPS) is 11.1. The van der Waals surface area contributed by atoms with Crippen LogP contribution >= 0.6 is 0 Å². The minimum absolute atomic E-state index is 0.0143. The molecule has 0 aliphatic heterocycles. The highest BCUT2D eigenvalue weighted by atomic mass is 16.5. The maximum absolute atomic E-state index is 12.9. The summed E-state index contributed by atoms with van der Waals surface area (Å²) in [5.41, 5.74) is -0.841. The van der Waals surface area contributed by atoms with Crippen molar-refractivity contribution >= 4 is 28.8 Å². The Labute approximate surface area is 201 Å². The lowest BCUT2D eigenvalue weighted by Gasteiger charge is -2.13. The molecule has 0 aliphatic carbocycles. The van der Waals surface area contributed by atoms with Crippen molar-refractivity contribution in [2.75, 3.05) is 26.4 Å². The summed E-state index contributed by atoms with van der Waals surface area (Å²) in [6.07, 6.45) is 5.22. The third kappa shape index (κ3) is 7.66. The van der Waals surface area contributed by atoms with Gasteiger partial charge in [0.25, 0.3) is 0 Å². The van der Waals surface area contributed by atoms with Gasteiger partial charge in [0.1, 0.15) is 12.3 Å².